The van der Waals surface area contributed by atoms with Crippen molar-refractivity contribution in [2.45, 2.75) is 19.9 Å². The van der Waals surface area contributed by atoms with Gasteiger partial charge in [-0.2, -0.15) is 0 Å². The van der Waals surface area contributed by atoms with Crippen molar-refractivity contribution in [2.75, 3.05) is 13.1 Å². The van der Waals surface area contributed by atoms with Gasteiger partial charge in [0.25, 0.3) is 0 Å². The fourth-order valence-corrected chi connectivity index (χ4v) is 1.54. The second-order valence-electron chi connectivity index (χ2n) is 4.14. The van der Waals surface area contributed by atoms with Crippen LogP contribution in [0.25, 0.3) is 0 Å². The van der Waals surface area contributed by atoms with Gasteiger partial charge in [0.15, 0.2) is 0 Å². The summed E-state index contributed by atoms with van der Waals surface area (Å²) in [5, 5.41) is 21.8. The molecule has 0 bridgehead atoms. The van der Waals surface area contributed by atoms with Crippen LogP contribution in [0.2, 0.25) is 0 Å². The molecule has 1 rings (SSSR count). The third kappa shape index (κ3) is 5.50. The van der Waals surface area contributed by atoms with Crippen LogP contribution >= 0.6 is 0 Å². The number of aliphatic hydroxyl groups is 1. The highest BCUT2D eigenvalue weighted by Gasteiger charge is 1.96. The number of nitrogens with zero attached hydrogens (tertiary/aromatic N) is 1. The number of hydrogen-bond donors (Lipinski definition) is 3. The lowest BCUT2D eigenvalue weighted by molar-refractivity contribution is 0.407. The highest BCUT2D eigenvalue weighted by molar-refractivity contribution is 5.83. The first-order chi connectivity index (χ1) is 8.59. The van der Waals surface area contributed by atoms with Crippen molar-refractivity contribution < 1.29 is 10.2 Å². The van der Waals surface area contributed by atoms with E-state index < -0.39 is 0 Å². The molecule has 0 aliphatic rings. The average Bonchev–Trinajstić information content (AvgIpc) is 2.30. The highest BCUT2D eigenvalue weighted by Crippen LogP contribution is 2.12. The Labute approximate surface area is 108 Å². The van der Waals surface area contributed by atoms with Crippen molar-refractivity contribution >= 4 is 6.21 Å². The van der Waals surface area contributed by atoms with E-state index in [2.05, 4.69) is 10.3 Å². The largest absolute Gasteiger partial charge is 0.513 e. The molecule has 0 heterocycles. The van der Waals surface area contributed by atoms with Gasteiger partial charge in [-0.3, -0.25) is 4.99 Å². The summed E-state index contributed by atoms with van der Waals surface area (Å²) in [4.78, 5) is 4.22. The van der Waals surface area contributed by atoms with Gasteiger partial charge >= 0.3 is 0 Å². The number of aromatic hydroxyl groups is 1. The summed E-state index contributed by atoms with van der Waals surface area (Å²) >= 11 is 0. The van der Waals surface area contributed by atoms with Crippen LogP contribution < -0.4 is 5.32 Å². The molecule has 4 heteroatoms. The first kappa shape index (κ1) is 14.3. The van der Waals surface area contributed by atoms with Crippen LogP contribution in [0.5, 0.6) is 5.75 Å². The van der Waals surface area contributed by atoms with E-state index >= 15 is 0 Å². The Morgan fingerprint density at radius 2 is 2.17 bits per heavy atom. The maximum atomic E-state index is 9.51. The number of aliphatic imine (C=N–C) groups is 1. The maximum Gasteiger partial charge on any atom is 0.124 e. The van der Waals surface area contributed by atoms with Gasteiger partial charge in [-0.25, -0.2) is 0 Å². The predicted molar refractivity (Wildman–Crippen MR) is 74.4 cm³/mol. The van der Waals surface area contributed by atoms with Crippen molar-refractivity contribution in [1.29, 1.82) is 0 Å². The zero-order valence-electron chi connectivity index (χ0n) is 10.8. The smallest absolute Gasteiger partial charge is 0.124 e. The molecular weight excluding hydrogens is 228 g/mol. The van der Waals surface area contributed by atoms with E-state index in [1.807, 2.05) is 19.1 Å². The highest BCUT2D eigenvalue weighted by atomic mass is 16.3. The number of para-hydroxylation sites is 1. The Morgan fingerprint density at radius 1 is 1.44 bits per heavy atom. The number of phenols is 1. The van der Waals surface area contributed by atoms with Crippen molar-refractivity contribution in [3.8, 4) is 5.75 Å². The fourth-order valence-electron chi connectivity index (χ4n) is 1.54. The second kappa shape index (κ2) is 7.50. The summed E-state index contributed by atoms with van der Waals surface area (Å²) in [6, 6.07) is 7.20. The van der Waals surface area contributed by atoms with E-state index in [4.69, 9.17) is 5.11 Å². The van der Waals surface area contributed by atoms with Crippen LogP contribution in [0.1, 0.15) is 19.4 Å². The summed E-state index contributed by atoms with van der Waals surface area (Å²) in [6.07, 6.45) is 3.40. The second-order valence-corrected chi connectivity index (χ2v) is 4.14. The third-order valence-electron chi connectivity index (χ3n) is 2.37. The quantitative estimate of drug-likeness (QED) is 0.411. The van der Waals surface area contributed by atoms with Gasteiger partial charge in [-0.05, 0) is 32.1 Å². The zero-order valence-corrected chi connectivity index (χ0v) is 10.8. The van der Waals surface area contributed by atoms with Crippen molar-refractivity contribution in [3.05, 3.63) is 41.7 Å². The Bertz CT molecular complexity index is 424. The average molecular weight is 248 g/mol. The SMILES string of the molecule is C/C(O)=C/C(C)NCCN=Cc1ccccc1O. The minimum absolute atomic E-state index is 0.121. The number of aliphatic hydroxyl groups excluding tert-OH is 1. The predicted octanol–water partition coefficient (Wildman–Crippen LogP) is 2.25. The summed E-state index contributed by atoms with van der Waals surface area (Å²) < 4.78 is 0. The van der Waals surface area contributed by atoms with Gasteiger partial charge in [-0.15, -0.1) is 0 Å². The minimum atomic E-state index is 0.121. The van der Waals surface area contributed by atoms with Crippen molar-refractivity contribution in [2.24, 2.45) is 4.99 Å². The van der Waals surface area contributed by atoms with E-state index in [1.165, 1.54) is 0 Å². The van der Waals surface area contributed by atoms with Crippen LogP contribution in [-0.4, -0.2) is 35.6 Å². The molecule has 1 atom stereocenters. The van der Waals surface area contributed by atoms with Crippen LogP contribution in [0.4, 0.5) is 0 Å². The van der Waals surface area contributed by atoms with Gasteiger partial charge in [0.1, 0.15) is 5.75 Å². The lowest BCUT2D eigenvalue weighted by Crippen LogP contribution is -2.26. The van der Waals surface area contributed by atoms with Crippen LogP contribution in [-0.2, 0) is 0 Å². The summed E-state index contributed by atoms with van der Waals surface area (Å²) in [5.74, 6) is 0.550. The molecule has 1 unspecified atom stereocenters. The van der Waals surface area contributed by atoms with Crippen molar-refractivity contribution in [3.63, 3.8) is 0 Å². The molecule has 0 fully saturated rings. The zero-order chi connectivity index (χ0) is 13.4. The number of rotatable bonds is 6. The summed E-state index contributed by atoms with van der Waals surface area (Å²) in [6.45, 7) is 4.95. The molecule has 0 aliphatic heterocycles. The van der Waals surface area contributed by atoms with Gasteiger partial charge in [0.05, 0.1) is 12.3 Å². The number of nitrogens with one attached hydrogen (secondary N) is 1. The fraction of sp³-hybridized carbons (Fsp3) is 0.357. The first-order valence-corrected chi connectivity index (χ1v) is 5.98. The van der Waals surface area contributed by atoms with E-state index in [0.717, 1.165) is 12.1 Å². The molecule has 0 saturated carbocycles. The molecule has 0 aliphatic carbocycles. The molecule has 0 amide bonds. The van der Waals surface area contributed by atoms with E-state index in [9.17, 15) is 5.11 Å². The Hall–Kier alpha value is -1.81. The molecule has 1 aromatic rings. The topological polar surface area (TPSA) is 64.8 Å². The molecule has 0 aromatic heterocycles. The number of benzene rings is 1. The normalized spacial score (nSPS) is 14.0. The van der Waals surface area contributed by atoms with E-state index in [-0.39, 0.29) is 11.8 Å². The van der Waals surface area contributed by atoms with Gasteiger partial charge in [-0.1, -0.05) is 12.1 Å². The van der Waals surface area contributed by atoms with Crippen LogP contribution in [0.15, 0.2) is 41.1 Å². The molecule has 3 N–H and O–H groups in total. The summed E-state index contributed by atoms with van der Waals surface area (Å²) in [7, 11) is 0. The molecule has 18 heavy (non-hydrogen) atoms. The molecule has 98 valence electrons. The molecule has 0 saturated heterocycles. The monoisotopic (exact) mass is 248 g/mol. The van der Waals surface area contributed by atoms with Gasteiger partial charge in [0, 0.05) is 24.4 Å². The van der Waals surface area contributed by atoms with Crippen molar-refractivity contribution in [1.82, 2.24) is 5.32 Å². The molecule has 0 radical (unpaired) electrons. The molecule has 1 aromatic carbocycles. The summed E-state index contributed by atoms with van der Waals surface area (Å²) in [5.41, 5.74) is 0.719. The standard InChI is InChI=1S/C14H20N2O2/c1-11(9-12(2)17)16-8-7-15-10-13-5-3-4-6-14(13)18/h3-6,9-11,16-18H,7-8H2,1-2H3/b12-9-,15-10?. The first-order valence-electron chi connectivity index (χ1n) is 5.98. The number of hydrogen-bond acceptors (Lipinski definition) is 4. The van der Waals surface area contributed by atoms with Crippen LogP contribution in [0.3, 0.4) is 0 Å². The number of phenolic OH excluding ortho intramolecular Hbond substituents is 1. The maximum absolute atomic E-state index is 9.51. The Kier molecular flexibility index (Phi) is 5.94. The van der Waals surface area contributed by atoms with Crippen LogP contribution in [0, 0.1) is 0 Å². The Morgan fingerprint density at radius 3 is 2.83 bits per heavy atom. The van der Waals surface area contributed by atoms with Gasteiger partial charge < -0.3 is 15.5 Å². The lowest BCUT2D eigenvalue weighted by atomic mass is 10.2. The molecule has 0 spiro atoms. The molecular formula is C14H20N2O2. The molecule has 4 nitrogen and oxygen atoms in total. The lowest BCUT2D eigenvalue weighted by Gasteiger charge is -2.07. The van der Waals surface area contributed by atoms with E-state index in [1.54, 1.807) is 31.3 Å². The third-order valence-corrected chi connectivity index (χ3v) is 2.37. The Balaban J connectivity index is 2.30. The van der Waals surface area contributed by atoms with Gasteiger partial charge in [0.2, 0.25) is 0 Å². The number of allylic oxidation sites excluding steroid dienone is 1. The van der Waals surface area contributed by atoms with E-state index in [0.29, 0.717) is 12.3 Å². The minimum Gasteiger partial charge on any atom is -0.513 e.